The molecule has 9 nitrogen and oxygen atoms in total. The predicted octanol–water partition coefficient (Wildman–Crippen LogP) is 3.70. The Labute approximate surface area is 196 Å². The van der Waals surface area contributed by atoms with Crippen LogP contribution in [0.3, 0.4) is 0 Å². The molecule has 2 aromatic carbocycles. The fourth-order valence-electron chi connectivity index (χ4n) is 4.08. The van der Waals surface area contributed by atoms with Crippen LogP contribution in [-0.4, -0.2) is 40.9 Å². The number of ether oxygens (including phenoxy) is 1. The Morgan fingerprint density at radius 2 is 1.74 bits per heavy atom. The molecule has 3 N–H and O–H groups in total. The van der Waals surface area contributed by atoms with E-state index in [1.54, 1.807) is 0 Å². The molecule has 1 aromatic heterocycles. The molecule has 0 saturated heterocycles. The zero-order chi connectivity index (χ0) is 24.1. The summed E-state index contributed by atoms with van der Waals surface area (Å²) in [5, 5.41) is 17.6. The highest BCUT2D eigenvalue weighted by Crippen LogP contribution is 2.44. The highest BCUT2D eigenvalue weighted by Gasteiger charge is 2.29. The van der Waals surface area contributed by atoms with E-state index >= 15 is 0 Å². The van der Waals surface area contributed by atoms with Gasteiger partial charge in [0.1, 0.15) is 6.61 Å². The largest absolute Gasteiger partial charge is 0.476 e. The number of benzene rings is 2. The molecule has 1 atom stereocenters. The average molecular weight is 463 g/mol. The molecule has 0 aliphatic heterocycles. The second kappa shape index (κ2) is 10.2. The molecule has 1 heterocycles. The van der Waals surface area contributed by atoms with Gasteiger partial charge in [0, 0.05) is 24.4 Å². The van der Waals surface area contributed by atoms with E-state index in [9.17, 15) is 14.4 Å². The standard InChI is InChI=1S/C25H25N3O6/c1-2-15(11-23(29)26-13-16-12-22(24(30)31)28-34-16)27-25(32)33-14-21-19-9-5-3-7-17(19)18-8-4-6-10-20(18)21/h3-10,12,15,21H,2,11,13-14H2,1H3,(H,26,29)(H,27,32)(H,30,31)/t15-/m1/s1. The van der Waals surface area contributed by atoms with Crippen molar-refractivity contribution in [2.45, 2.75) is 38.3 Å². The number of carboxylic acids is 1. The lowest BCUT2D eigenvalue weighted by Gasteiger charge is -2.18. The number of rotatable bonds is 9. The lowest BCUT2D eigenvalue weighted by Crippen LogP contribution is -2.39. The summed E-state index contributed by atoms with van der Waals surface area (Å²) in [6.07, 6.45) is -0.00758. The Bertz CT molecular complexity index is 1160. The zero-order valence-corrected chi connectivity index (χ0v) is 18.6. The Balaban J connectivity index is 1.28. The van der Waals surface area contributed by atoms with Gasteiger partial charge in [0.15, 0.2) is 11.5 Å². The van der Waals surface area contributed by atoms with E-state index in [4.69, 9.17) is 14.4 Å². The summed E-state index contributed by atoms with van der Waals surface area (Å²) in [7, 11) is 0. The van der Waals surface area contributed by atoms with Gasteiger partial charge < -0.3 is 25.0 Å². The summed E-state index contributed by atoms with van der Waals surface area (Å²) in [6.45, 7) is 2.05. The van der Waals surface area contributed by atoms with Crippen LogP contribution in [0.2, 0.25) is 0 Å². The first-order chi connectivity index (χ1) is 16.5. The lowest BCUT2D eigenvalue weighted by molar-refractivity contribution is -0.121. The molecule has 0 unspecified atom stereocenters. The van der Waals surface area contributed by atoms with Crippen molar-refractivity contribution < 1.29 is 28.8 Å². The van der Waals surface area contributed by atoms with Gasteiger partial charge in [-0.1, -0.05) is 60.6 Å². The minimum Gasteiger partial charge on any atom is -0.476 e. The molecule has 1 aliphatic carbocycles. The van der Waals surface area contributed by atoms with E-state index in [2.05, 4.69) is 40.1 Å². The maximum atomic E-state index is 12.5. The monoisotopic (exact) mass is 463 g/mol. The Morgan fingerprint density at radius 3 is 2.32 bits per heavy atom. The zero-order valence-electron chi connectivity index (χ0n) is 18.6. The lowest BCUT2D eigenvalue weighted by atomic mass is 9.98. The van der Waals surface area contributed by atoms with Crippen molar-refractivity contribution in [3.63, 3.8) is 0 Å². The first-order valence-electron chi connectivity index (χ1n) is 11.0. The van der Waals surface area contributed by atoms with Crippen LogP contribution in [0.5, 0.6) is 0 Å². The molecule has 0 bridgehead atoms. The molecule has 176 valence electrons. The summed E-state index contributed by atoms with van der Waals surface area (Å²) in [6, 6.07) is 17.0. The van der Waals surface area contributed by atoms with Crippen molar-refractivity contribution in [3.05, 3.63) is 77.2 Å². The molecular weight excluding hydrogens is 438 g/mol. The third kappa shape index (κ3) is 5.09. The minimum atomic E-state index is -1.21. The molecule has 1 aliphatic rings. The molecule has 0 spiro atoms. The Morgan fingerprint density at radius 1 is 1.09 bits per heavy atom. The maximum Gasteiger partial charge on any atom is 0.407 e. The number of alkyl carbamates (subject to hydrolysis) is 1. The molecule has 4 rings (SSSR count). The first kappa shape index (κ1) is 23.0. The van der Waals surface area contributed by atoms with E-state index < -0.39 is 18.1 Å². The number of carbonyl (C=O) groups excluding carboxylic acids is 2. The molecular formula is C25H25N3O6. The van der Waals surface area contributed by atoms with Crippen LogP contribution in [0.25, 0.3) is 11.1 Å². The fraction of sp³-hybridized carbons (Fsp3) is 0.280. The molecule has 9 heteroatoms. The number of carboxylic acid groups (broad SMARTS) is 1. The summed E-state index contributed by atoms with van der Waals surface area (Å²) in [4.78, 5) is 35.6. The number of amides is 2. The molecule has 3 aromatic rings. The highest BCUT2D eigenvalue weighted by molar-refractivity contribution is 5.85. The summed E-state index contributed by atoms with van der Waals surface area (Å²) in [5.74, 6) is -1.35. The SMILES string of the molecule is CC[C@H](CC(=O)NCc1cc(C(=O)O)no1)NC(=O)OCC1c2ccccc2-c2ccccc21. The topological polar surface area (TPSA) is 131 Å². The van der Waals surface area contributed by atoms with Gasteiger partial charge in [-0.3, -0.25) is 4.79 Å². The number of aromatic nitrogens is 1. The summed E-state index contributed by atoms with van der Waals surface area (Å²) >= 11 is 0. The van der Waals surface area contributed by atoms with Crippen LogP contribution >= 0.6 is 0 Å². The maximum absolute atomic E-state index is 12.5. The third-order valence-electron chi connectivity index (χ3n) is 5.83. The van der Waals surface area contributed by atoms with Gasteiger partial charge >= 0.3 is 12.1 Å². The third-order valence-corrected chi connectivity index (χ3v) is 5.83. The van der Waals surface area contributed by atoms with Gasteiger partial charge in [-0.05, 0) is 28.7 Å². The van der Waals surface area contributed by atoms with Gasteiger partial charge in [-0.15, -0.1) is 0 Å². The number of hydrogen-bond donors (Lipinski definition) is 3. The Hall–Kier alpha value is -4.14. The average Bonchev–Trinajstić information content (AvgIpc) is 3.44. The van der Waals surface area contributed by atoms with Gasteiger partial charge in [0.2, 0.25) is 5.91 Å². The number of carbonyl (C=O) groups is 3. The van der Waals surface area contributed by atoms with E-state index in [1.165, 1.54) is 6.07 Å². The van der Waals surface area contributed by atoms with Crippen LogP contribution in [-0.2, 0) is 16.1 Å². The minimum absolute atomic E-state index is 0.000488. The van der Waals surface area contributed by atoms with Gasteiger partial charge in [-0.2, -0.15) is 0 Å². The number of aromatic carboxylic acids is 1. The van der Waals surface area contributed by atoms with Crippen LogP contribution in [0.4, 0.5) is 4.79 Å². The van der Waals surface area contributed by atoms with Crippen molar-refractivity contribution in [2.75, 3.05) is 6.61 Å². The summed E-state index contributed by atoms with van der Waals surface area (Å²) < 4.78 is 10.4. The molecule has 34 heavy (non-hydrogen) atoms. The van der Waals surface area contributed by atoms with Crippen molar-refractivity contribution in [2.24, 2.45) is 0 Å². The quantitative estimate of drug-likeness (QED) is 0.441. The van der Waals surface area contributed by atoms with Crippen molar-refractivity contribution in [1.29, 1.82) is 0 Å². The second-order valence-corrected chi connectivity index (χ2v) is 8.04. The van der Waals surface area contributed by atoms with E-state index in [1.807, 2.05) is 31.2 Å². The van der Waals surface area contributed by atoms with E-state index in [0.717, 1.165) is 22.3 Å². The van der Waals surface area contributed by atoms with Gasteiger partial charge in [0.25, 0.3) is 0 Å². The normalized spacial score (nSPS) is 13.0. The first-order valence-corrected chi connectivity index (χ1v) is 11.0. The predicted molar refractivity (Wildman–Crippen MR) is 122 cm³/mol. The van der Waals surface area contributed by atoms with Crippen LogP contribution in [0.1, 0.15) is 53.1 Å². The second-order valence-electron chi connectivity index (χ2n) is 8.04. The number of nitrogens with one attached hydrogen (secondary N) is 2. The van der Waals surface area contributed by atoms with E-state index in [0.29, 0.717) is 6.42 Å². The number of hydrogen-bond acceptors (Lipinski definition) is 6. The number of nitrogens with zero attached hydrogens (tertiary/aromatic N) is 1. The molecule has 0 fully saturated rings. The highest BCUT2D eigenvalue weighted by atomic mass is 16.5. The van der Waals surface area contributed by atoms with Gasteiger partial charge in [-0.25, -0.2) is 9.59 Å². The molecule has 0 saturated carbocycles. The van der Waals surface area contributed by atoms with E-state index in [-0.39, 0.29) is 42.9 Å². The van der Waals surface area contributed by atoms with Crippen molar-refractivity contribution in [3.8, 4) is 11.1 Å². The van der Waals surface area contributed by atoms with Crippen LogP contribution < -0.4 is 10.6 Å². The molecule has 2 amide bonds. The van der Waals surface area contributed by atoms with Gasteiger partial charge in [0.05, 0.1) is 6.54 Å². The fourth-order valence-corrected chi connectivity index (χ4v) is 4.08. The number of fused-ring (bicyclic) bond motifs is 3. The van der Waals surface area contributed by atoms with Crippen LogP contribution in [0, 0.1) is 0 Å². The molecule has 0 radical (unpaired) electrons. The Kier molecular flexibility index (Phi) is 6.91. The van der Waals surface area contributed by atoms with Crippen molar-refractivity contribution in [1.82, 2.24) is 15.8 Å². The van der Waals surface area contributed by atoms with Crippen LogP contribution in [0.15, 0.2) is 59.1 Å². The smallest absolute Gasteiger partial charge is 0.407 e. The van der Waals surface area contributed by atoms with Crippen molar-refractivity contribution >= 4 is 18.0 Å². The summed E-state index contributed by atoms with van der Waals surface area (Å²) in [5.41, 5.74) is 4.32.